The van der Waals surface area contributed by atoms with Crippen molar-refractivity contribution in [2.24, 2.45) is 5.73 Å². The first-order valence-electron chi connectivity index (χ1n) is 4.91. The van der Waals surface area contributed by atoms with E-state index < -0.39 is 23.3 Å². The molecule has 2 rings (SSSR count). The summed E-state index contributed by atoms with van der Waals surface area (Å²) in [4.78, 5) is 11.0. The number of amides is 1. The maximum Gasteiger partial charge on any atom is 0.434 e. The lowest BCUT2D eigenvalue weighted by molar-refractivity contribution is -0.143. The molecule has 1 heterocycles. The first kappa shape index (κ1) is 12.2. The number of alkyl halides is 3. The Morgan fingerprint density at radius 3 is 2.33 bits per heavy atom. The van der Waals surface area contributed by atoms with Crippen molar-refractivity contribution in [1.29, 1.82) is 0 Å². The van der Waals surface area contributed by atoms with Gasteiger partial charge < -0.3 is 5.73 Å². The van der Waals surface area contributed by atoms with E-state index in [0.29, 0.717) is 4.68 Å². The lowest BCUT2D eigenvalue weighted by Crippen LogP contribution is -2.20. The van der Waals surface area contributed by atoms with E-state index in [1.807, 2.05) is 0 Å². The SMILES string of the molecule is NC(=O)c1cnn(-c2ccccc2)c1C(F)(F)F. The number of benzene rings is 1. The molecule has 18 heavy (non-hydrogen) atoms. The van der Waals surface area contributed by atoms with E-state index >= 15 is 0 Å². The first-order chi connectivity index (χ1) is 8.41. The third-order valence-corrected chi connectivity index (χ3v) is 2.30. The van der Waals surface area contributed by atoms with Gasteiger partial charge in [0.25, 0.3) is 5.91 Å². The second-order valence-corrected chi connectivity index (χ2v) is 3.52. The van der Waals surface area contributed by atoms with Gasteiger partial charge in [0.15, 0.2) is 5.69 Å². The van der Waals surface area contributed by atoms with Gasteiger partial charge in [0.2, 0.25) is 0 Å². The minimum absolute atomic E-state index is 0.206. The van der Waals surface area contributed by atoms with Crippen molar-refractivity contribution in [3.63, 3.8) is 0 Å². The van der Waals surface area contributed by atoms with Crippen molar-refractivity contribution in [1.82, 2.24) is 9.78 Å². The monoisotopic (exact) mass is 255 g/mol. The number of halogens is 3. The zero-order valence-electron chi connectivity index (χ0n) is 8.98. The minimum atomic E-state index is -4.71. The predicted octanol–water partition coefficient (Wildman–Crippen LogP) is 1.99. The number of rotatable bonds is 2. The maximum absolute atomic E-state index is 12.9. The highest BCUT2D eigenvalue weighted by Crippen LogP contribution is 2.33. The molecule has 0 aliphatic carbocycles. The lowest BCUT2D eigenvalue weighted by Gasteiger charge is -2.11. The molecule has 0 fully saturated rings. The van der Waals surface area contributed by atoms with Gasteiger partial charge >= 0.3 is 6.18 Å². The molecule has 94 valence electrons. The zero-order chi connectivity index (χ0) is 13.3. The van der Waals surface area contributed by atoms with E-state index in [1.54, 1.807) is 18.2 Å². The second-order valence-electron chi connectivity index (χ2n) is 3.52. The summed E-state index contributed by atoms with van der Waals surface area (Å²) in [5.41, 5.74) is 3.30. The molecule has 0 aliphatic heterocycles. The van der Waals surface area contributed by atoms with Gasteiger partial charge in [-0.05, 0) is 12.1 Å². The van der Waals surface area contributed by atoms with Gasteiger partial charge in [0.05, 0.1) is 17.4 Å². The maximum atomic E-state index is 12.9. The Hall–Kier alpha value is -2.31. The molecule has 1 amide bonds. The number of primary amides is 1. The van der Waals surface area contributed by atoms with Crippen LogP contribution in [0.15, 0.2) is 36.5 Å². The Bertz CT molecular complexity index is 575. The fourth-order valence-electron chi connectivity index (χ4n) is 1.57. The normalized spacial score (nSPS) is 11.5. The third-order valence-electron chi connectivity index (χ3n) is 2.30. The zero-order valence-corrected chi connectivity index (χ0v) is 8.98. The summed E-state index contributed by atoms with van der Waals surface area (Å²) in [5.74, 6) is -1.16. The Balaban J connectivity index is 2.67. The summed E-state index contributed by atoms with van der Waals surface area (Å²) in [7, 11) is 0. The first-order valence-corrected chi connectivity index (χ1v) is 4.91. The summed E-state index contributed by atoms with van der Waals surface area (Å²) in [6.07, 6.45) is -3.89. The number of carbonyl (C=O) groups is 1. The van der Waals surface area contributed by atoms with Crippen LogP contribution in [0.3, 0.4) is 0 Å². The molecule has 0 saturated heterocycles. The van der Waals surface area contributed by atoms with Crippen LogP contribution in [-0.4, -0.2) is 15.7 Å². The highest BCUT2D eigenvalue weighted by molar-refractivity contribution is 5.94. The van der Waals surface area contributed by atoms with E-state index in [2.05, 4.69) is 5.10 Å². The molecule has 0 spiro atoms. The van der Waals surface area contributed by atoms with Gasteiger partial charge in [0.1, 0.15) is 0 Å². The Morgan fingerprint density at radius 2 is 1.83 bits per heavy atom. The van der Waals surface area contributed by atoms with Gasteiger partial charge in [0, 0.05) is 0 Å². The molecule has 2 aromatic rings. The topological polar surface area (TPSA) is 60.9 Å². The van der Waals surface area contributed by atoms with E-state index in [0.717, 1.165) is 6.20 Å². The van der Waals surface area contributed by atoms with Crippen molar-refractivity contribution in [3.8, 4) is 5.69 Å². The molecule has 4 nitrogen and oxygen atoms in total. The van der Waals surface area contributed by atoms with Crippen LogP contribution in [0.1, 0.15) is 16.1 Å². The molecule has 0 unspecified atom stereocenters. The smallest absolute Gasteiger partial charge is 0.365 e. The van der Waals surface area contributed by atoms with Crippen LogP contribution < -0.4 is 5.73 Å². The van der Waals surface area contributed by atoms with E-state index in [4.69, 9.17) is 5.73 Å². The van der Waals surface area contributed by atoms with Gasteiger partial charge in [-0.15, -0.1) is 0 Å². The highest BCUT2D eigenvalue weighted by atomic mass is 19.4. The summed E-state index contributed by atoms with van der Waals surface area (Å²) in [5, 5.41) is 3.57. The van der Waals surface area contributed by atoms with E-state index in [9.17, 15) is 18.0 Å². The number of nitrogens with two attached hydrogens (primary N) is 1. The van der Waals surface area contributed by atoms with E-state index in [-0.39, 0.29) is 5.69 Å². The fourth-order valence-corrected chi connectivity index (χ4v) is 1.57. The number of nitrogens with zero attached hydrogens (tertiary/aromatic N) is 2. The standard InChI is InChI=1S/C11H8F3N3O/c12-11(13,14)9-8(10(15)18)6-16-17(9)7-4-2-1-3-5-7/h1-6H,(H2,15,18). The van der Waals surface area contributed by atoms with E-state index in [1.165, 1.54) is 12.1 Å². The number of aromatic nitrogens is 2. The summed E-state index contributed by atoms with van der Waals surface area (Å²) < 4.78 is 39.4. The van der Waals surface area contributed by atoms with Gasteiger partial charge in [-0.3, -0.25) is 4.79 Å². The lowest BCUT2D eigenvalue weighted by atomic mass is 10.2. The summed E-state index contributed by atoms with van der Waals surface area (Å²) in [6, 6.07) is 7.71. The Labute approximate surface area is 99.8 Å². The van der Waals surface area contributed by atoms with Crippen LogP contribution in [0.2, 0.25) is 0 Å². The Morgan fingerprint density at radius 1 is 1.22 bits per heavy atom. The second kappa shape index (κ2) is 4.17. The summed E-state index contributed by atoms with van der Waals surface area (Å²) in [6.45, 7) is 0. The van der Waals surface area contributed by atoms with Gasteiger partial charge in [-0.25, -0.2) is 4.68 Å². The molecule has 7 heteroatoms. The molecular formula is C11H8F3N3O. The molecule has 0 radical (unpaired) electrons. The molecular weight excluding hydrogens is 247 g/mol. The highest BCUT2D eigenvalue weighted by Gasteiger charge is 2.40. The number of carbonyl (C=O) groups excluding carboxylic acids is 1. The van der Waals surface area contributed by atoms with Crippen molar-refractivity contribution < 1.29 is 18.0 Å². The van der Waals surface area contributed by atoms with Crippen molar-refractivity contribution in [2.75, 3.05) is 0 Å². The van der Waals surface area contributed by atoms with Crippen LogP contribution in [0.25, 0.3) is 5.69 Å². The fraction of sp³-hybridized carbons (Fsp3) is 0.0909. The third kappa shape index (κ3) is 2.06. The van der Waals surface area contributed by atoms with Gasteiger partial charge in [-0.2, -0.15) is 18.3 Å². The molecule has 0 bridgehead atoms. The molecule has 1 aromatic heterocycles. The summed E-state index contributed by atoms with van der Waals surface area (Å²) >= 11 is 0. The molecule has 1 aromatic carbocycles. The number of hydrogen-bond acceptors (Lipinski definition) is 2. The average Bonchev–Trinajstić information content (AvgIpc) is 2.74. The molecule has 0 atom stereocenters. The van der Waals surface area contributed by atoms with Crippen LogP contribution >= 0.6 is 0 Å². The van der Waals surface area contributed by atoms with Gasteiger partial charge in [-0.1, -0.05) is 18.2 Å². The predicted molar refractivity (Wildman–Crippen MR) is 57.1 cm³/mol. The number of hydrogen-bond donors (Lipinski definition) is 1. The van der Waals surface area contributed by atoms with Crippen LogP contribution in [-0.2, 0) is 6.18 Å². The largest absolute Gasteiger partial charge is 0.434 e. The van der Waals surface area contributed by atoms with Crippen LogP contribution in [0, 0.1) is 0 Å². The van der Waals surface area contributed by atoms with Crippen molar-refractivity contribution in [2.45, 2.75) is 6.18 Å². The molecule has 0 aliphatic rings. The quantitative estimate of drug-likeness (QED) is 0.892. The van der Waals surface area contributed by atoms with Crippen LogP contribution in [0.4, 0.5) is 13.2 Å². The van der Waals surface area contributed by atoms with Crippen molar-refractivity contribution >= 4 is 5.91 Å². The average molecular weight is 255 g/mol. The minimum Gasteiger partial charge on any atom is -0.365 e. The number of para-hydroxylation sites is 1. The Kier molecular flexibility index (Phi) is 2.82. The molecule has 0 saturated carbocycles. The van der Waals surface area contributed by atoms with Crippen molar-refractivity contribution in [3.05, 3.63) is 47.8 Å². The van der Waals surface area contributed by atoms with Crippen LogP contribution in [0.5, 0.6) is 0 Å². The molecule has 2 N–H and O–H groups in total.